The maximum atomic E-state index is 13.9. The van der Waals surface area contributed by atoms with Crippen LogP contribution in [-0.2, 0) is 82.1 Å². The molecule has 3 saturated carbocycles. The summed E-state index contributed by atoms with van der Waals surface area (Å²) in [4.78, 5) is 94.4. The average molecular weight is 1710 g/mol. The molecule has 4 aliphatic heterocycles. The Kier molecular flexibility index (Phi) is 41.1. The summed E-state index contributed by atoms with van der Waals surface area (Å²) in [5.41, 5.74) is 2.05. The number of amides is 5. The molecule has 4 saturated heterocycles. The normalized spacial score (nSPS) is 33.0. The zero-order chi connectivity index (χ0) is 84.3. The average Bonchev–Trinajstić information content (AvgIpc) is 1.42. The molecule has 0 radical (unpaired) electrons. The van der Waals surface area contributed by atoms with E-state index in [1.54, 1.807) is 18.7 Å². The number of allylic oxidation sites excluding steroid dienone is 1. The molecule has 0 aromatic carbocycles. The quantitative estimate of drug-likeness (QED) is 0.0154. The first-order valence-corrected chi connectivity index (χ1v) is 47.6. The van der Waals surface area contributed by atoms with E-state index in [0.29, 0.717) is 114 Å². The van der Waals surface area contributed by atoms with Crippen molar-refractivity contribution in [2.75, 3.05) is 79.0 Å². The fraction of sp³-hybridized carbons (Fsp3) is 0.904. The van der Waals surface area contributed by atoms with Crippen molar-refractivity contribution in [2.24, 2.45) is 58.2 Å². The summed E-state index contributed by atoms with van der Waals surface area (Å²) in [5.74, 6) is 2.32. The zero-order valence-electron chi connectivity index (χ0n) is 70.1. The summed E-state index contributed by atoms with van der Waals surface area (Å²) in [6.07, 6.45) is 13.3. The first-order chi connectivity index (χ1) is 55.4. The van der Waals surface area contributed by atoms with Crippen LogP contribution in [0.4, 0.5) is 4.79 Å². The lowest BCUT2D eigenvalue weighted by atomic mass is 9.47. The number of alkyl carbamates (subject to hydrolysis) is 1. The zero-order valence-corrected chi connectivity index (χ0v) is 72.8. The summed E-state index contributed by atoms with van der Waals surface area (Å²) in [7, 11) is -2.79. The third-order valence-corrected chi connectivity index (χ3v) is 29.2. The van der Waals surface area contributed by atoms with Crippen LogP contribution in [0.1, 0.15) is 254 Å². The number of nitrogens with one attached hydrogen (secondary N) is 3. The lowest BCUT2D eigenvalue weighted by molar-refractivity contribution is -0.282. The van der Waals surface area contributed by atoms with Crippen molar-refractivity contribution >= 4 is 62.3 Å². The van der Waals surface area contributed by atoms with Crippen molar-refractivity contribution in [3.05, 3.63) is 11.6 Å². The van der Waals surface area contributed by atoms with E-state index >= 15 is 0 Å². The molecule has 8 aliphatic rings. The van der Waals surface area contributed by atoms with Crippen molar-refractivity contribution in [3.8, 4) is 0 Å². The minimum Gasteiger partial charge on any atom is -0.446 e. The van der Waals surface area contributed by atoms with Crippen LogP contribution in [0.25, 0.3) is 0 Å². The van der Waals surface area contributed by atoms with Crippen molar-refractivity contribution in [1.82, 2.24) is 25.8 Å². The molecule has 5 amide bonds. The first-order valence-electron chi connectivity index (χ1n) is 43.9. The van der Waals surface area contributed by atoms with Gasteiger partial charge in [-0.3, -0.25) is 24.0 Å². The van der Waals surface area contributed by atoms with Gasteiger partial charge in [-0.2, -0.15) is 0 Å². The number of ketones is 1. The van der Waals surface area contributed by atoms with Gasteiger partial charge in [0.25, 0.3) is 0 Å². The van der Waals surface area contributed by atoms with Gasteiger partial charge in [0, 0.05) is 94.2 Å². The number of likely N-dealkylation sites (tertiary alicyclic amines) is 2. The number of ether oxygens (including phenoxy) is 5. The minimum absolute atomic E-state index is 0.0235. The molecule has 0 aromatic heterocycles. The summed E-state index contributed by atoms with van der Waals surface area (Å²) in [5, 5.41) is 88.9. The summed E-state index contributed by atoms with van der Waals surface area (Å²) >= 11 is 5.14. The Balaban J connectivity index is 0.718. The molecule has 4 heterocycles. The molecule has 0 spiro atoms. The second kappa shape index (κ2) is 48.6. The van der Waals surface area contributed by atoms with Gasteiger partial charge in [-0.15, -0.1) is 9.05 Å². The Morgan fingerprint density at radius 1 is 0.629 bits per heavy atom. The van der Waals surface area contributed by atoms with Crippen LogP contribution in [0.2, 0.25) is 0 Å². The number of aliphatic hydroxyl groups is 8. The van der Waals surface area contributed by atoms with Crippen LogP contribution in [0.3, 0.4) is 0 Å². The van der Waals surface area contributed by atoms with E-state index in [9.17, 15) is 79.1 Å². The number of carbonyl (C=O) groups excluding carboxylic acids is 6. The standard InChI is InChI=1S/C83H143N5O25P2S/c1-53(2)22-21-23-54(3)64-32-33-65-63-31-30-57-44-61(34-36-82(57,6)66(63)35-37-83(64,65)7)110-81(102)85-39-17-10-13-29-74(97)88-48-62(46-59(88)52-109-115(104,116)108-43-40-89)113-114(103)107-51-58-45-60(92)47-87(58)73(96)28-12-9-8-11-25-68(93)67(86-72(95)27-16-20-42-106-80-56(5)76(99)78(101)70(50-91)112-80)24-14-18-38-84-71(94)26-15-19-41-105-79-55(4)75(98)77(100)69(49-90)111-79/h30,53-56,58-67,69-70,75-80,89-92,98-101H,8-29,31-52H2,1-7H3,(H3-,84,85,86,94,95,102,104,116)/p+1/t54-,55?,56?,58+,59+,60-,61?,62?,63?,64-,65?,66?,67+,69?,70?,75?,76?,77?,78?,79?,80?,82+,83-,115?/m1/s1. The van der Waals surface area contributed by atoms with Crippen LogP contribution in [0.5, 0.6) is 0 Å². The van der Waals surface area contributed by atoms with E-state index < -0.39 is 132 Å². The lowest BCUT2D eigenvalue weighted by Gasteiger charge is -2.58. The molecule has 0 aromatic rings. The number of Topliss-reactive ketones (excluding diaryl/α,β-unsaturated/α-hetero) is 1. The second-order valence-corrected chi connectivity index (χ2v) is 39.3. The van der Waals surface area contributed by atoms with E-state index in [1.807, 2.05) is 0 Å². The number of unbranched alkanes of at least 4 members (excludes halogenated alkanes) is 8. The van der Waals surface area contributed by atoms with Crippen molar-refractivity contribution < 1.29 is 121 Å². The van der Waals surface area contributed by atoms with Crippen LogP contribution in [-0.4, -0.2) is 256 Å². The lowest BCUT2D eigenvalue weighted by Crippen LogP contribution is -2.55. The highest BCUT2D eigenvalue weighted by Crippen LogP contribution is 2.67. The summed E-state index contributed by atoms with van der Waals surface area (Å²) in [6, 6.07) is -2.06. The number of aliphatic hydroxyl groups excluding tert-OH is 8. The molecule has 7 fully saturated rings. The van der Waals surface area contributed by atoms with E-state index in [1.165, 1.54) is 55.4 Å². The van der Waals surface area contributed by atoms with Gasteiger partial charge in [0.2, 0.25) is 23.6 Å². The van der Waals surface area contributed by atoms with Gasteiger partial charge in [0.1, 0.15) is 43.2 Å². The maximum absolute atomic E-state index is 13.9. The molecular weight excluding hydrogens is 1560 g/mol. The molecular formula is C83H144N5O25P2S+. The van der Waals surface area contributed by atoms with Gasteiger partial charge in [0.05, 0.1) is 76.0 Å². The maximum Gasteiger partial charge on any atom is 0.697 e. The minimum atomic E-state index is -3.79. The Morgan fingerprint density at radius 2 is 1.22 bits per heavy atom. The number of carbonyl (C=O) groups is 6. The molecule has 0 bridgehead atoms. The number of fused-ring (bicyclic) bond motifs is 5. The molecule has 116 heavy (non-hydrogen) atoms. The van der Waals surface area contributed by atoms with Crippen LogP contribution in [0.15, 0.2) is 11.6 Å². The fourth-order valence-electron chi connectivity index (χ4n) is 19.9. The SMILES string of the molecule is CC(C)CCC[C@@H](C)[C@H]1CCC2C3CC=C4CC(OC(=O)NCCCCCC(=O)N5CC(O[P+](=O)OC[C@@H]6C[C@@H](O)CN6C(=O)CCCCCCC(=O)[C@H](CCCCNC(=O)CCCCOC6OC(CO)C(O)C(O)C6C)NC(=O)CCCCOC6OC(CO)C(O)C(O)C6C)C[C@H]5COP(O)(=S)OCCO)CC[C@]4(C)C3CC[C@@]21C. The number of β-amino-alcohol motifs (C(OH)–C–C–N with tert-alkyl or cyclic N) is 1. The Hall–Kier alpha value is -3.37. The van der Waals surface area contributed by atoms with Crippen LogP contribution >= 0.6 is 15.0 Å². The van der Waals surface area contributed by atoms with E-state index in [0.717, 1.165) is 55.3 Å². The Labute approximate surface area is 693 Å². The fourth-order valence-corrected chi connectivity index (χ4v) is 21.8. The Bertz CT molecular complexity index is 3150. The number of rotatable bonds is 51. The second-order valence-electron chi connectivity index (χ2n) is 35.5. The highest BCUT2D eigenvalue weighted by Gasteiger charge is 2.60. The topological polar surface area (TPSA) is 427 Å². The van der Waals surface area contributed by atoms with Crippen LogP contribution < -0.4 is 16.0 Å². The smallest absolute Gasteiger partial charge is 0.446 e. The Morgan fingerprint density at radius 3 is 1.86 bits per heavy atom. The highest BCUT2D eigenvalue weighted by molar-refractivity contribution is 8.07. The van der Waals surface area contributed by atoms with Crippen molar-refractivity contribution in [3.63, 3.8) is 0 Å². The van der Waals surface area contributed by atoms with Gasteiger partial charge in [-0.25, -0.2) is 4.79 Å². The highest BCUT2D eigenvalue weighted by atomic mass is 32.5. The van der Waals surface area contributed by atoms with Gasteiger partial charge in [-0.1, -0.05) is 98.6 Å². The first kappa shape index (κ1) is 98.1. The predicted octanol–water partition coefficient (Wildman–Crippen LogP) is 8.75. The number of nitrogens with zero attached hydrogens (tertiary/aromatic N) is 2. The van der Waals surface area contributed by atoms with Gasteiger partial charge < -0.3 is 104 Å². The van der Waals surface area contributed by atoms with Gasteiger partial charge >= 0.3 is 21.1 Å². The van der Waals surface area contributed by atoms with Crippen molar-refractivity contribution in [1.29, 1.82) is 0 Å². The number of hydrogen-bond donors (Lipinski definition) is 12. The molecule has 666 valence electrons. The number of hydrogen-bond acceptors (Lipinski definition) is 25. The van der Waals surface area contributed by atoms with E-state index in [2.05, 4.69) is 56.6 Å². The van der Waals surface area contributed by atoms with E-state index in [-0.39, 0.29) is 132 Å². The molecule has 25 atom stereocenters. The summed E-state index contributed by atoms with van der Waals surface area (Å²) < 4.78 is 64.8. The predicted molar refractivity (Wildman–Crippen MR) is 435 cm³/mol. The molecule has 12 N–H and O–H groups in total. The molecule has 4 aliphatic carbocycles. The monoisotopic (exact) mass is 1700 g/mol. The van der Waals surface area contributed by atoms with E-state index in [4.69, 9.17) is 53.6 Å². The van der Waals surface area contributed by atoms with Gasteiger partial charge in [0.15, 0.2) is 18.4 Å². The molecule has 8 rings (SSSR count). The third kappa shape index (κ3) is 28.9. The van der Waals surface area contributed by atoms with Gasteiger partial charge in [-0.05, 0) is 180 Å². The molecule has 17 unspecified atom stereocenters. The largest absolute Gasteiger partial charge is 0.697 e. The third-order valence-electron chi connectivity index (χ3n) is 26.7. The summed E-state index contributed by atoms with van der Waals surface area (Å²) in [6.45, 7) is 11.0. The van der Waals surface area contributed by atoms with Crippen molar-refractivity contribution in [2.45, 2.75) is 340 Å². The van der Waals surface area contributed by atoms with Crippen LogP contribution in [0, 0.1) is 58.2 Å². The molecule has 30 nitrogen and oxygen atoms in total. The molecule has 33 heteroatoms.